The second-order valence-corrected chi connectivity index (χ2v) is 5.21. The van der Waals surface area contributed by atoms with Gasteiger partial charge in [-0.05, 0) is 38.8 Å². The van der Waals surface area contributed by atoms with Gasteiger partial charge >= 0.3 is 5.97 Å². The molecule has 0 amide bonds. The minimum absolute atomic E-state index is 0.165. The minimum Gasteiger partial charge on any atom is -0.478 e. The number of carboxylic acid groups (broad SMARTS) is 1. The van der Waals surface area contributed by atoms with Crippen molar-refractivity contribution in [3.05, 3.63) is 22.9 Å². The van der Waals surface area contributed by atoms with E-state index >= 15 is 0 Å². The molecule has 1 aromatic rings. The number of aliphatic hydroxyl groups is 1. The predicted octanol–water partition coefficient (Wildman–Crippen LogP) is 2.36. The van der Waals surface area contributed by atoms with Crippen LogP contribution >= 0.6 is 0 Å². The Bertz CT molecular complexity index is 470. The van der Waals surface area contributed by atoms with Crippen molar-refractivity contribution in [1.82, 2.24) is 4.98 Å². The Morgan fingerprint density at radius 3 is 2.63 bits per heavy atom. The van der Waals surface area contributed by atoms with Crippen LogP contribution in [0.25, 0.3) is 0 Å². The Balaban J connectivity index is 2.97. The number of nitrogens with zero attached hydrogens (tertiary/aromatic N) is 1. The van der Waals surface area contributed by atoms with Gasteiger partial charge < -0.3 is 15.5 Å². The van der Waals surface area contributed by atoms with Crippen molar-refractivity contribution in [3.63, 3.8) is 0 Å². The van der Waals surface area contributed by atoms with Gasteiger partial charge in [-0.25, -0.2) is 9.78 Å². The summed E-state index contributed by atoms with van der Waals surface area (Å²) in [7, 11) is 0. The number of hydrogen-bond acceptors (Lipinski definition) is 4. The lowest BCUT2D eigenvalue weighted by Crippen LogP contribution is -2.34. The molecule has 1 rings (SSSR count). The number of aryl methyl sites for hydroxylation is 2. The minimum atomic E-state index is -1.01. The van der Waals surface area contributed by atoms with Gasteiger partial charge in [0.15, 0.2) is 0 Å². The first-order valence-electron chi connectivity index (χ1n) is 6.44. The Hall–Kier alpha value is -1.62. The average Bonchev–Trinajstić information content (AvgIpc) is 2.24. The number of aromatic carboxylic acids is 1. The SMILES string of the molecule is CCCC(C)(O)CNc1nc(C)cc(C)c1C(=O)O. The number of pyridine rings is 1. The Morgan fingerprint density at radius 1 is 1.47 bits per heavy atom. The molecule has 1 aromatic heterocycles. The van der Waals surface area contributed by atoms with Crippen molar-refractivity contribution in [1.29, 1.82) is 0 Å². The lowest BCUT2D eigenvalue weighted by Gasteiger charge is -2.24. The predicted molar refractivity (Wildman–Crippen MR) is 74.7 cm³/mol. The monoisotopic (exact) mass is 266 g/mol. The summed E-state index contributed by atoms with van der Waals surface area (Å²) < 4.78 is 0. The van der Waals surface area contributed by atoms with Crippen LogP contribution in [-0.2, 0) is 0 Å². The lowest BCUT2D eigenvalue weighted by atomic mass is 10.0. The quantitative estimate of drug-likeness (QED) is 0.736. The van der Waals surface area contributed by atoms with Gasteiger partial charge in [-0.2, -0.15) is 0 Å². The summed E-state index contributed by atoms with van der Waals surface area (Å²) >= 11 is 0. The highest BCUT2D eigenvalue weighted by atomic mass is 16.4. The van der Waals surface area contributed by atoms with Gasteiger partial charge in [-0.3, -0.25) is 0 Å². The lowest BCUT2D eigenvalue weighted by molar-refractivity contribution is 0.0629. The van der Waals surface area contributed by atoms with E-state index in [0.29, 0.717) is 17.8 Å². The van der Waals surface area contributed by atoms with E-state index in [-0.39, 0.29) is 12.1 Å². The van der Waals surface area contributed by atoms with Crippen molar-refractivity contribution >= 4 is 11.8 Å². The fourth-order valence-electron chi connectivity index (χ4n) is 2.14. The highest BCUT2D eigenvalue weighted by Crippen LogP contribution is 2.20. The van der Waals surface area contributed by atoms with Crippen LogP contribution in [0.3, 0.4) is 0 Å². The van der Waals surface area contributed by atoms with Crippen molar-refractivity contribution in [2.45, 2.75) is 46.1 Å². The van der Waals surface area contributed by atoms with E-state index in [0.717, 1.165) is 12.1 Å². The maximum absolute atomic E-state index is 11.3. The first-order chi connectivity index (χ1) is 8.76. The van der Waals surface area contributed by atoms with Gasteiger partial charge in [-0.1, -0.05) is 13.3 Å². The number of carboxylic acids is 1. The van der Waals surface area contributed by atoms with E-state index < -0.39 is 11.6 Å². The van der Waals surface area contributed by atoms with Gasteiger partial charge in [0.05, 0.1) is 5.60 Å². The van der Waals surface area contributed by atoms with Gasteiger partial charge in [0, 0.05) is 12.2 Å². The molecule has 1 atom stereocenters. The van der Waals surface area contributed by atoms with Gasteiger partial charge in [0.1, 0.15) is 11.4 Å². The zero-order valence-corrected chi connectivity index (χ0v) is 11.9. The topological polar surface area (TPSA) is 82.5 Å². The summed E-state index contributed by atoms with van der Waals surface area (Å²) in [4.78, 5) is 15.5. The van der Waals surface area contributed by atoms with Crippen LogP contribution in [0.4, 0.5) is 5.82 Å². The number of nitrogens with one attached hydrogen (secondary N) is 1. The van der Waals surface area contributed by atoms with Crippen LogP contribution in [0.15, 0.2) is 6.07 Å². The number of aromatic nitrogens is 1. The molecule has 0 bridgehead atoms. The van der Waals surface area contributed by atoms with Gasteiger partial charge in [0.25, 0.3) is 0 Å². The van der Waals surface area contributed by atoms with Crippen LogP contribution < -0.4 is 5.32 Å². The smallest absolute Gasteiger partial charge is 0.339 e. The largest absolute Gasteiger partial charge is 0.478 e. The Morgan fingerprint density at radius 2 is 2.11 bits per heavy atom. The van der Waals surface area contributed by atoms with Crippen molar-refractivity contribution in [2.75, 3.05) is 11.9 Å². The molecule has 1 unspecified atom stereocenters. The highest BCUT2D eigenvalue weighted by Gasteiger charge is 2.21. The fourth-order valence-corrected chi connectivity index (χ4v) is 2.14. The van der Waals surface area contributed by atoms with Crippen molar-refractivity contribution < 1.29 is 15.0 Å². The highest BCUT2D eigenvalue weighted by molar-refractivity contribution is 5.94. The van der Waals surface area contributed by atoms with Gasteiger partial charge in [0.2, 0.25) is 0 Å². The molecular weight excluding hydrogens is 244 g/mol. The standard InChI is InChI=1S/C14H22N2O3/c1-5-6-14(4,19)8-15-12-11(13(17)18)9(2)7-10(3)16-12/h7,19H,5-6,8H2,1-4H3,(H,15,16)(H,17,18). The number of carbonyl (C=O) groups is 1. The number of hydrogen-bond donors (Lipinski definition) is 3. The van der Waals surface area contributed by atoms with Crippen molar-refractivity contribution in [2.24, 2.45) is 0 Å². The van der Waals surface area contributed by atoms with Crippen LogP contribution in [0.2, 0.25) is 0 Å². The van der Waals surface area contributed by atoms with Crippen LogP contribution in [0.1, 0.15) is 48.3 Å². The molecule has 5 nitrogen and oxygen atoms in total. The summed E-state index contributed by atoms with van der Waals surface area (Å²) in [5.74, 6) is -0.691. The molecule has 106 valence electrons. The maximum Gasteiger partial charge on any atom is 0.339 e. The van der Waals surface area contributed by atoms with E-state index in [2.05, 4.69) is 10.3 Å². The second kappa shape index (κ2) is 6.02. The molecule has 0 aliphatic rings. The van der Waals surface area contributed by atoms with E-state index in [1.54, 1.807) is 19.9 Å². The van der Waals surface area contributed by atoms with Gasteiger partial charge in [-0.15, -0.1) is 0 Å². The summed E-state index contributed by atoms with van der Waals surface area (Å²) in [6, 6.07) is 1.73. The summed E-state index contributed by atoms with van der Waals surface area (Å²) in [5, 5.41) is 22.3. The Labute approximate surface area is 113 Å². The van der Waals surface area contributed by atoms with Crippen LogP contribution in [-0.4, -0.2) is 33.3 Å². The molecule has 0 saturated heterocycles. The molecule has 5 heteroatoms. The molecular formula is C14H22N2O3. The third-order valence-electron chi connectivity index (χ3n) is 2.98. The third-order valence-corrected chi connectivity index (χ3v) is 2.98. The van der Waals surface area contributed by atoms with E-state index in [1.165, 1.54) is 0 Å². The van der Waals surface area contributed by atoms with E-state index in [9.17, 15) is 15.0 Å². The summed E-state index contributed by atoms with van der Waals surface area (Å²) in [5.41, 5.74) is 0.708. The first kappa shape index (κ1) is 15.4. The molecule has 3 N–H and O–H groups in total. The Kier molecular flexibility index (Phi) is 4.89. The zero-order valence-electron chi connectivity index (χ0n) is 11.9. The first-order valence-corrected chi connectivity index (χ1v) is 6.44. The number of rotatable bonds is 6. The van der Waals surface area contributed by atoms with Crippen molar-refractivity contribution in [3.8, 4) is 0 Å². The molecule has 0 radical (unpaired) electrons. The number of anilines is 1. The molecule has 0 aliphatic carbocycles. The molecule has 19 heavy (non-hydrogen) atoms. The summed E-state index contributed by atoms with van der Waals surface area (Å²) in [6.45, 7) is 7.55. The zero-order chi connectivity index (χ0) is 14.6. The molecule has 0 aromatic carbocycles. The molecule has 0 spiro atoms. The normalized spacial score (nSPS) is 13.9. The van der Waals surface area contributed by atoms with Crippen LogP contribution in [0.5, 0.6) is 0 Å². The molecule has 0 aliphatic heterocycles. The maximum atomic E-state index is 11.3. The second-order valence-electron chi connectivity index (χ2n) is 5.21. The van der Waals surface area contributed by atoms with E-state index in [1.807, 2.05) is 13.8 Å². The third kappa shape index (κ3) is 4.21. The average molecular weight is 266 g/mol. The molecule has 1 heterocycles. The molecule has 0 fully saturated rings. The fraction of sp³-hybridized carbons (Fsp3) is 0.571. The summed E-state index contributed by atoms with van der Waals surface area (Å²) in [6.07, 6.45) is 1.51. The van der Waals surface area contributed by atoms with E-state index in [4.69, 9.17) is 0 Å². The molecule has 0 saturated carbocycles. The van der Waals surface area contributed by atoms with Crippen LogP contribution in [0, 0.1) is 13.8 Å².